The molecule has 0 saturated carbocycles. The zero-order chi connectivity index (χ0) is 22.9. The Morgan fingerprint density at radius 3 is 2.27 bits per heavy atom. The third kappa shape index (κ3) is 8.02. The third-order valence-electron chi connectivity index (χ3n) is 4.38. The van der Waals surface area contributed by atoms with Gasteiger partial charge in [0, 0.05) is 13.6 Å². The van der Waals surface area contributed by atoms with Crippen LogP contribution in [0.4, 0.5) is 4.79 Å². The molecule has 0 aliphatic rings. The molecule has 0 fully saturated rings. The summed E-state index contributed by atoms with van der Waals surface area (Å²) in [6, 6.07) is 5.17. The van der Waals surface area contributed by atoms with Gasteiger partial charge in [-0.15, -0.1) is 0 Å². The molecule has 0 aliphatic carbocycles. The summed E-state index contributed by atoms with van der Waals surface area (Å²) in [7, 11) is 1.48. The van der Waals surface area contributed by atoms with Gasteiger partial charge >= 0.3 is 6.09 Å². The highest BCUT2D eigenvalue weighted by atomic mass is 16.6. The first-order chi connectivity index (χ1) is 14.0. The lowest BCUT2D eigenvalue weighted by atomic mass is 10.0. The Balaban J connectivity index is 3.06. The van der Waals surface area contributed by atoms with Crippen molar-refractivity contribution in [1.82, 2.24) is 15.5 Å². The van der Waals surface area contributed by atoms with Gasteiger partial charge in [-0.1, -0.05) is 43.2 Å². The van der Waals surface area contributed by atoms with Crippen molar-refractivity contribution in [2.75, 3.05) is 20.2 Å². The zero-order valence-electron chi connectivity index (χ0n) is 18.8. The maximum absolute atomic E-state index is 13.0. The second-order valence-corrected chi connectivity index (χ2v) is 8.29. The van der Waals surface area contributed by atoms with E-state index >= 15 is 0 Å². The Hall–Kier alpha value is -2.61. The Morgan fingerprint density at radius 2 is 1.77 bits per heavy atom. The van der Waals surface area contributed by atoms with Gasteiger partial charge in [0.15, 0.2) is 0 Å². The van der Waals surface area contributed by atoms with Crippen LogP contribution in [0.1, 0.15) is 57.7 Å². The number of aliphatic hydroxyl groups is 1. The largest absolute Gasteiger partial charge is 0.444 e. The van der Waals surface area contributed by atoms with Crippen molar-refractivity contribution in [3.05, 3.63) is 35.4 Å². The molecule has 0 aliphatic heterocycles. The molecule has 2 atom stereocenters. The van der Waals surface area contributed by atoms with Crippen LogP contribution in [0.5, 0.6) is 0 Å². The molecule has 1 aromatic rings. The summed E-state index contributed by atoms with van der Waals surface area (Å²) in [5.74, 6) is -0.920. The van der Waals surface area contributed by atoms with Gasteiger partial charge < -0.3 is 25.4 Å². The molecule has 8 heteroatoms. The number of carbonyl (C=O) groups is 3. The third-order valence-corrected chi connectivity index (χ3v) is 4.38. The summed E-state index contributed by atoms with van der Waals surface area (Å²) in [5, 5.41) is 14.9. The number of hydrogen-bond donors (Lipinski definition) is 3. The lowest BCUT2D eigenvalue weighted by molar-refractivity contribution is -0.141. The first-order valence-electron chi connectivity index (χ1n) is 10.2. The van der Waals surface area contributed by atoms with Crippen LogP contribution in [0.15, 0.2) is 24.3 Å². The fourth-order valence-corrected chi connectivity index (χ4v) is 2.79. The van der Waals surface area contributed by atoms with Crippen molar-refractivity contribution >= 4 is 17.9 Å². The Morgan fingerprint density at radius 1 is 1.17 bits per heavy atom. The molecule has 0 heterocycles. The van der Waals surface area contributed by atoms with Crippen LogP contribution in [0.2, 0.25) is 0 Å². The summed E-state index contributed by atoms with van der Waals surface area (Å²) in [4.78, 5) is 39.2. The van der Waals surface area contributed by atoms with Crippen molar-refractivity contribution in [2.24, 2.45) is 0 Å². The molecule has 3 N–H and O–H groups in total. The molecule has 0 saturated heterocycles. The van der Waals surface area contributed by atoms with Gasteiger partial charge in [-0.05, 0) is 39.7 Å². The molecule has 0 bridgehead atoms. The van der Waals surface area contributed by atoms with E-state index in [1.165, 1.54) is 11.9 Å². The highest BCUT2D eigenvalue weighted by Crippen LogP contribution is 2.21. The maximum atomic E-state index is 13.0. The van der Waals surface area contributed by atoms with Crippen LogP contribution in [-0.2, 0) is 14.3 Å². The minimum Gasteiger partial charge on any atom is -0.444 e. The SMILES string of the molecule is CCCCNC(=O)C(c1ccc(C)cc1)N(C)C(=O)C(CO)NC(=O)OC(C)(C)C. The second-order valence-electron chi connectivity index (χ2n) is 8.29. The second kappa shape index (κ2) is 11.5. The Kier molecular flexibility index (Phi) is 9.78. The minimum atomic E-state index is -1.23. The number of rotatable bonds is 9. The first kappa shape index (κ1) is 25.4. The standard InChI is InChI=1S/C22H35N3O5/c1-7-8-13-23-19(27)18(16-11-9-15(2)10-12-16)25(6)20(28)17(14-26)24-21(29)30-22(3,4)5/h9-12,17-18,26H,7-8,13-14H2,1-6H3,(H,23,27)(H,24,29). The Bertz CT molecular complexity index is 712. The lowest BCUT2D eigenvalue weighted by Crippen LogP contribution is -2.53. The van der Waals surface area contributed by atoms with Crippen LogP contribution in [0.25, 0.3) is 0 Å². The maximum Gasteiger partial charge on any atom is 0.408 e. The molecule has 0 aromatic heterocycles. The van der Waals surface area contributed by atoms with Crippen LogP contribution >= 0.6 is 0 Å². The number of benzene rings is 1. The highest BCUT2D eigenvalue weighted by Gasteiger charge is 2.33. The van der Waals surface area contributed by atoms with Gasteiger partial charge in [0.2, 0.25) is 11.8 Å². The molecule has 1 aromatic carbocycles. The van der Waals surface area contributed by atoms with Gasteiger partial charge in [0.05, 0.1) is 6.61 Å². The predicted molar refractivity (Wildman–Crippen MR) is 115 cm³/mol. The van der Waals surface area contributed by atoms with Gasteiger partial charge in [-0.3, -0.25) is 9.59 Å². The normalized spacial score (nSPS) is 13.2. The molecule has 168 valence electrons. The van der Waals surface area contributed by atoms with Gasteiger partial charge in [-0.2, -0.15) is 0 Å². The number of nitrogens with zero attached hydrogens (tertiary/aromatic N) is 1. The fourth-order valence-electron chi connectivity index (χ4n) is 2.79. The summed E-state index contributed by atoms with van der Waals surface area (Å²) >= 11 is 0. The van der Waals surface area contributed by atoms with Gasteiger partial charge in [-0.25, -0.2) is 4.79 Å². The van der Waals surface area contributed by atoms with E-state index in [9.17, 15) is 19.5 Å². The fraction of sp³-hybridized carbons (Fsp3) is 0.591. The minimum absolute atomic E-state index is 0.322. The lowest BCUT2D eigenvalue weighted by Gasteiger charge is -2.31. The number of carbonyl (C=O) groups excluding carboxylic acids is 3. The van der Waals surface area contributed by atoms with E-state index in [4.69, 9.17) is 4.74 Å². The summed E-state index contributed by atoms with van der Waals surface area (Å²) in [6.45, 7) is 8.92. The van der Waals surface area contributed by atoms with Crippen molar-refractivity contribution in [1.29, 1.82) is 0 Å². The topological polar surface area (TPSA) is 108 Å². The number of ether oxygens (including phenoxy) is 1. The number of likely N-dealkylation sites (N-methyl/N-ethyl adjacent to an activating group) is 1. The number of hydrogen-bond acceptors (Lipinski definition) is 5. The summed E-state index contributed by atoms with van der Waals surface area (Å²) < 4.78 is 5.16. The number of unbranched alkanes of at least 4 members (excludes halogenated alkanes) is 1. The molecule has 30 heavy (non-hydrogen) atoms. The molecule has 0 spiro atoms. The van der Waals surface area contributed by atoms with Crippen LogP contribution < -0.4 is 10.6 Å². The molecule has 3 amide bonds. The van der Waals surface area contributed by atoms with Crippen molar-refractivity contribution in [3.63, 3.8) is 0 Å². The summed E-state index contributed by atoms with van der Waals surface area (Å²) in [5.41, 5.74) is 0.917. The van der Waals surface area contributed by atoms with E-state index in [0.717, 1.165) is 18.4 Å². The predicted octanol–water partition coefficient (Wildman–Crippen LogP) is 2.30. The monoisotopic (exact) mass is 421 g/mol. The van der Waals surface area contributed by atoms with E-state index in [1.54, 1.807) is 32.9 Å². The van der Waals surface area contributed by atoms with E-state index < -0.39 is 36.3 Å². The van der Waals surface area contributed by atoms with E-state index in [0.29, 0.717) is 12.1 Å². The van der Waals surface area contributed by atoms with Crippen LogP contribution in [0, 0.1) is 6.92 Å². The van der Waals surface area contributed by atoms with E-state index in [1.807, 2.05) is 26.0 Å². The Labute approximate surface area is 179 Å². The number of amides is 3. The van der Waals surface area contributed by atoms with Crippen molar-refractivity contribution in [3.8, 4) is 0 Å². The van der Waals surface area contributed by atoms with Crippen LogP contribution in [-0.4, -0.2) is 59.8 Å². The van der Waals surface area contributed by atoms with E-state index in [-0.39, 0.29) is 5.91 Å². The molecule has 8 nitrogen and oxygen atoms in total. The first-order valence-corrected chi connectivity index (χ1v) is 10.2. The van der Waals surface area contributed by atoms with Crippen LogP contribution in [0.3, 0.4) is 0 Å². The quantitative estimate of drug-likeness (QED) is 0.530. The number of alkyl carbamates (subject to hydrolysis) is 1. The number of aliphatic hydroxyl groups excluding tert-OH is 1. The summed E-state index contributed by atoms with van der Waals surface area (Å²) in [6.07, 6.45) is 0.933. The smallest absolute Gasteiger partial charge is 0.408 e. The van der Waals surface area contributed by atoms with Crippen molar-refractivity contribution < 1.29 is 24.2 Å². The van der Waals surface area contributed by atoms with Gasteiger partial charge in [0.25, 0.3) is 0 Å². The molecule has 1 rings (SSSR count). The molecular formula is C22H35N3O5. The number of nitrogens with one attached hydrogen (secondary N) is 2. The van der Waals surface area contributed by atoms with Crippen molar-refractivity contribution in [2.45, 2.75) is 65.1 Å². The van der Waals surface area contributed by atoms with Gasteiger partial charge in [0.1, 0.15) is 17.7 Å². The molecular weight excluding hydrogens is 386 g/mol. The van der Waals surface area contributed by atoms with E-state index in [2.05, 4.69) is 10.6 Å². The average Bonchev–Trinajstić information content (AvgIpc) is 2.66. The molecule has 2 unspecified atom stereocenters. The average molecular weight is 422 g/mol. The zero-order valence-corrected chi connectivity index (χ0v) is 18.8. The number of aryl methyl sites for hydroxylation is 1. The molecule has 0 radical (unpaired) electrons. The highest BCUT2D eigenvalue weighted by molar-refractivity contribution is 5.92.